The molecular weight excluding hydrogens is 302 g/mol. The average molecular weight is 325 g/mol. The van der Waals surface area contributed by atoms with Gasteiger partial charge in [0.05, 0.1) is 5.56 Å². The summed E-state index contributed by atoms with van der Waals surface area (Å²) in [5.74, 6) is 1.52. The Morgan fingerprint density at radius 2 is 2.25 bits per heavy atom. The predicted octanol–water partition coefficient (Wildman–Crippen LogP) is 3.11. The van der Waals surface area contributed by atoms with Gasteiger partial charge < -0.3 is 10.0 Å². The molecule has 0 aliphatic carbocycles. The fraction of sp³-hybridized carbons (Fsp3) is 0.421. The fourth-order valence-electron chi connectivity index (χ4n) is 3.36. The Hall–Kier alpha value is -2.43. The summed E-state index contributed by atoms with van der Waals surface area (Å²) in [5, 5.41) is 9.12. The van der Waals surface area contributed by atoms with E-state index in [-0.39, 0.29) is 0 Å². The van der Waals surface area contributed by atoms with Gasteiger partial charge in [0, 0.05) is 24.8 Å². The number of hydrogen-bond acceptors (Lipinski definition) is 4. The fourth-order valence-corrected chi connectivity index (χ4v) is 3.36. The number of aryl methyl sites for hydroxylation is 2. The third-order valence-corrected chi connectivity index (χ3v) is 4.63. The Bertz CT molecular complexity index is 745. The molecule has 1 aromatic carbocycles. The monoisotopic (exact) mass is 325 g/mol. The molecule has 3 rings (SSSR count). The number of aromatic nitrogens is 2. The molecule has 2 heterocycles. The van der Waals surface area contributed by atoms with Crippen LogP contribution in [-0.2, 0) is 12.8 Å². The first-order valence-electron chi connectivity index (χ1n) is 8.46. The van der Waals surface area contributed by atoms with E-state index in [0.717, 1.165) is 49.6 Å². The van der Waals surface area contributed by atoms with Gasteiger partial charge in [0.1, 0.15) is 11.6 Å². The third-order valence-electron chi connectivity index (χ3n) is 4.63. The van der Waals surface area contributed by atoms with E-state index in [0.29, 0.717) is 11.5 Å². The van der Waals surface area contributed by atoms with Gasteiger partial charge >= 0.3 is 5.97 Å². The normalized spacial score (nSPS) is 17.2. The van der Waals surface area contributed by atoms with Crippen LogP contribution in [0.2, 0.25) is 0 Å². The molecule has 1 fully saturated rings. The van der Waals surface area contributed by atoms with Crippen molar-refractivity contribution in [3.63, 3.8) is 0 Å². The molecule has 0 saturated carbocycles. The molecule has 0 radical (unpaired) electrons. The smallest absolute Gasteiger partial charge is 0.335 e. The molecule has 1 atom stereocenters. The van der Waals surface area contributed by atoms with Crippen molar-refractivity contribution in [1.29, 1.82) is 0 Å². The molecule has 1 aliphatic rings. The lowest BCUT2D eigenvalue weighted by Crippen LogP contribution is -2.23. The largest absolute Gasteiger partial charge is 0.478 e. The van der Waals surface area contributed by atoms with E-state index in [2.05, 4.69) is 21.8 Å². The van der Waals surface area contributed by atoms with Crippen LogP contribution in [0, 0.1) is 12.8 Å². The van der Waals surface area contributed by atoms with E-state index in [9.17, 15) is 4.79 Å². The highest BCUT2D eigenvalue weighted by molar-refractivity contribution is 5.87. The molecule has 1 N–H and O–H groups in total. The molecule has 0 unspecified atom stereocenters. The highest BCUT2D eigenvalue weighted by Gasteiger charge is 2.25. The van der Waals surface area contributed by atoms with Crippen molar-refractivity contribution < 1.29 is 9.90 Å². The maximum absolute atomic E-state index is 11.1. The number of carboxylic acid groups (broad SMARTS) is 1. The SMILES string of the molecule is CCc1cnc(C)nc1N1CC[C@@H](Cc2cccc(C(=O)O)c2)C1. The molecular formula is C19H23N3O2. The van der Waals surface area contributed by atoms with Crippen LogP contribution in [0.15, 0.2) is 30.5 Å². The molecule has 24 heavy (non-hydrogen) atoms. The molecule has 0 spiro atoms. The van der Waals surface area contributed by atoms with Crippen molar-refractivity contribution in [3.05, 3.63) is 53.0 Å². The molecule has 5 heteroatoms. The first-order chi connectivity index (χ1) is 11.6. The summed E-state index contributed by atoms with van der Waals surface area (Å²) in [6, 6.07) is 7.27. The highest BCUT2D eigenvalue weighted by atomic mass is 16.4. The lowest BCUT2D eigenvalue weighted by molar-refractivity contribution is 0.0696. The Labute approximate surface area is 142 Å². The number of rotatable bonds is 5. The Kier molecular flexibility index (Phi) is 4.79. The molecule has 1 aliphatic heterocycles. The number of benzene rings is 1. The van der Waals surface area contributed by atoms with Crippen LogP contribution in [0.5, 0.6) is 0 Å². The minimum absolute atomic E-state index is 0.363. The van der Waals surface area contributed by atoms with E-state index < -0.39 is 5.97 Å². The van der Waals surface area contributed by atoms with Gasteiger partial charge in [-0.05, 0) is 49.8 Å². The summed E-state index contributed by atoms with van der Waals surface area (Å²) >= 11 is 0. The molecule has 126 valence electrons. The summed E-state index contributed by atoms with van der Waals surface area (Å²) in [6.45, 7) is 6.00. The van der Waals surface area contributed by atoms with E-state index in [1.807, 2.05) is 25.3 Å². The Morgan fingerprint density at radius 3 is 3.00 bits per heavy atom. The van der Waals surface area contributed by atoms with Gasteiger partial charge in [0.15, 0.2) is 0 Å². The van der Waals surface area contributed by atoms with Gasteiger partial charge in [-0.2, -0.15) is 0 Å². The topological polar surface area (TPSA) is 66.3 Å². The number of hydrogen-bond donors (Lipinski definition) is 1. The second-order valence-electron chi connectivity index (χ2n) is 6.43. The van der Waals surface area contributed by atoms with Crippen molar-refractivity contribution in [2.75, 3.05) is 18.0 Å². The lowest BCUT2D eigenvalue weighted by Gasteiger charge is -2.20. The number of carbonyl (C=O) groups is 1. The van der Waals surface area contributed by atoms with Gasteiger partial charge in [-0.3, -0.25) is 0 Å². The zero-order valence-electron chi connectivity index (χ0n) is 14.2. The molecule has 2 aromatic rings. The second kappa shape index (κ2) is 6.99. The van der Waals surface area contributed by atoms with Crippen molar-refractivity contribution in [2.24, 2.45) is 5.92 Å². The van der Waals surface area contributed by atoms with E-state index in [4.69, 9.17) is 5.11 Å². The van der Waals surface area contributed by atoms with Crippen LogP contribution >= 0.6 is 0 Å². The van der Waals surface area contributed by atoms with Crippen LogP contribution in [0.1, 0.15) is 40.7 Å². The van der Waals surface area contributed by atoms with Crippen molar-refractivity contribution in [2.45, 2.75) is 33.1 Å². The van der Waals surface area contributed by atoms with Crippen molar-refractivity contribution in [1.82, 2.24) is 9.97 Å². The molecule has 5 nitrogen and oxygen atoms in total. The summed E-state index contributed by atoms with van der Waals surface area (Å²) in [5.41, 5.74) is 2.65. The highest BCUT2D eigenvalue weighted by Crippen LogP contribution is 2.27. The number of nitrogens with zero attached hydrogens (tertiary/aromatic N) is 3. The minimum atomic E-state index is -0.867. The van der Waals surface area contributed by atoms with Crippen LogP contribution in [0.25, 0.3) is 0 Å². The van der Waals surface area contributed by atoms with Gasteiger partial charge in [0.25, 0.3) is 0 Å². The number of carboxylic acids is 1. The average Bonchev–Trinajstić information content (AvgIpc) is 3.03. The first-order valence-corrected chi connectivity index (χ1v) is 8.46. The van der Waals surface area contributed by atoms with Crippen LogP contribution < -0.4 is 4.90 Å². The van der Waals surface area contributed by atoms with Crippen LogP contribution in [0.3, 0.4) is 0 Å². The van der Waals surface area contributed by atoms with E-state index in [1.54, 1.807) is 12.1 Å². The van der Waals surface area contributed by atoms with Gasteiger partial charge in [-0.1, -0.05) is 19.1 Å². The molecule has 1 saturated heterocycles. The summed E-state index contributed by atoms with van der Waals surface area (Å²) in [6.07, 6.45) is 4.87. The molecule has 0 bridgehead atoms. The first kappa shape index (κ1) is 16.4. The van der Waals surface area contributed by atoms with Crippen molar-refractivity contribution >= 4 is 11.8 Å². The van der Waals surface area contributed by atoms with Gasteiger partial charge in [-0.25, -0.2) is 14.8 Å². The standard InChI is InChI=1S/C19H23N3O2/c1-3-16-11-20-13(2)21-18(16)22-8-7-15(12-22)9-14-5-4-6-17(10-14)19(23)24/h4-6,10-11,15H,3,7-9,12H2,1-2H3,(H,23,24)/t15-/m0/s1. The second-order valence-corrected chi connectivity index (χ2v) is 6.43. The molecule has 1 aromatic heterocycles. The lowest BCUT2D eigenvalue weighted by atomic mass is 9.97. The Balaban J connectivity index is 1.71. The minimum Gasteiger partial charge on any atom is -0.478 e. The summed E-state index contributed by atoms with van der Waals surface area (Å²) in [7, 11) is 0. The van der Waals surface area contributed by atoms with Crippen LogP contribution in [0.4, 0.5) is 5.82 Å². The maximum atomic E-state index is 11.1. The number of aromatic carboxylic acids is 1. The van der Waals surface area contributed by atoms with Gasteiger partial charge in [0.2, 0.25) is 0 Å². The van der Waals surface area contributed by atoms with Crippen molar-refractivity contribution in [3.8, 4) is 0 Å². The quantitative estimate of drug-likeness (QED) is 0.915. The van der Waals surface area contributed by atoms with E-state index in [1.165, 1.54) is 5.56 Å². The summed E-state index contributed by atoms with van der Waals surface area (Å²) in [4.78, 5) is 22.4. The molecule has 0 amide bonds. The predicted molar refractivity (Wildman–Crippen MR) is 93.6 cm³/mol. The summed E-state index contributed by atoms with van der Waals surface area (Å²) < 4.78 is 0. The Morgan fingerprint density at radius 1 is 1.42 bits per heavy atom. The van der Waals surface area contributed by atoms with E-state index >= 15 is 0 Å². The van der Waals surface area contributed by atoms with Crippen LogP contribution in [-0.4, -0.2) is 34.1 Å². The zero-order chi connectivity index (χ0) is 17.1. The zero-order valence-corrected chi connectivity index (χ0v) is 14.2. The third kappa shape index (κ3) is 3.55. The maximum Gasteiger partial charge on any atom is 0.335 e. The number of anilines is 1. The van der Waals surface area contributed by atoms with Gasteiger partial charge in [-0.15, -0.1) is 0 Å².